The van der Waals surface area contributed by atoms with Crippen LogP contribution < -0.4 is 10.7 Å². The molecule has 1 aliphatic heterocycles. The molecule has 0 fully saturated rings. The summed E-state index contributed by atoms with van der Waals surface area (Å²) in [5.74, 6) is -1.96. The van der Waals surface area contributed by atoms with Gasteiger partial charge in [-0.25, -0.2) is 23.5 Å². The van der Waals surface area contributed by atoms with Crippen LogP contribution in [0, 0.1) is 11.6 Å². The van der Waals surface area contributed by atoms with Crippen molar-refractivity contribution >= 4 is 17.3 Å². The van der Waals surface area contributed by atoms with E-state index in [-0.39, 0.29) is 31.2 Å². The van der Waals surface area contributed by atoms with Crippen molar-refractivity contribution in [1.29, 1.82) is 0 Å². The zero-order valence-electron chi connectivity index (χ0n) is 17.3. The van der Waals surface area contributed by atoms with Gasteiger partial charge in [-0.15, -0.1) is 0 Å². The van der Waals surface area contributed by atoms with Gasteiger partial charge in [-0.1, -0.05) is 6.07 Å². The van der Waals surface area contributed by atoms with Gasteiger partial charge in [0.2, 0.25) is 0 Å². The average molecular weight is 444 g/mol. The van der Waals surface area contributed by atoms with Crippen LogP contribution in [0.2, 0.25) is 0 Å². The Bertz CT molecular complexity index is 1110. The SMILES string of the molecule is COC(=O)CNc1ccc2c(c1)CN(CC(O)(Cn1cncn1)c1ccc(F)cc1F)N2. The molecule has 168 valence electrons. The van der Waals surface area contributed by atoms with Gasteiger partial charge in [0, 0.05) is 23.9 Å². The number of rotatable bonds is 8. The summed E-state index contributed by atoms with van der Waals surface area (Å²) in [6, 6.07) is 8.60. The first-order chi connectivity index (χ1) is 15.4. The molecule has 2 aromatic carbocycles. The van der Waals surface area contributed by atoms with E-state index in [0.29, 0.717) is 6.54 Å². The third-order valence-corrected chi connectivity index (χ3v) is 5.18. The Morgan fingerprint density at radius 3 is 2.84 bits per heavy atom. The molecule has 0 saturated carbocycles. The number of β-amino-alcohol motifs (C(OH)–C–C–N with tert-alkyl or cyclic N) is 1. The van der Waals surface area contributed by atoms with Crippen LogP contribution in [0.5, 0.6) is 0 Å². The largest absolute Gasteiger partial charge is 0.468 e. The fourth-order valence-electron chi connectivity index (χ4n) is 3.69. The molecule has 9 nitrogen and oxygen atoms in total. The lowest BCUT2D eigenvalue weighted by molar-refractivity contribution is -0.138. The van der Waals surface area contributed by atoms with Crippen LogP contribution in [0.25, 0.3) is 0 Å². The molecule has 1 unspecified atom stereocenters. The Kier molecular flexibility index (Phi) is 6.01. The van der Waals surface area contributed by atoms with E-state index in [0.717, 1.165) is 29.1 Å². The molecule has 2 heterocycles. The standard InChI is InChI=1S/C21H22F2N6O3/c1-32-20(30)8-25-16-3-5-19-14(6-16)9-28(27-19)10-21(31,11-29-13-24-12-26-29)17-4-2-15(22)7-18(17)23/h2-7,12-13,25,27,31H,8-11H2,1H3. The summed E-state index contributed by atoms with van der Waals surface area (Å²) in [6.07, 6.45) is 2.73. The van der Waals surface area contributed by atoms with E-state index in [1.165, 1.54) is 30.5 Å². The Morgan fingerprint density at radius 1 is 1.28 bits per heavy atom. The topological polar surface area (TPSA) is 105 Å². The van der Waals surface area contributed by atoms with Crippen molar-refractivity contribution in [3.63, 3.8) is 0 Å². The molecule has 32 heavy (non-hydrogen) atoms. The summed E-state index contributed by atoms with van der Waals surface area (Å²) >= 11 is 0. The quantitative estimate of drug-likeness (QED) is 0.453. The number of hydrogen-bond acceptors (Lipinski definition) is 8. The number of esters is 1. The fourth-order valence-corrected chi connectivity index (χ4v) is 3.69. The zero-order chi connectivity index (χ0) is 22.7. The maximum absolute atomic E-state index is 14.6. The number of hydrazine groups is 1. The number of carbonyl (C=O) groups is 1. The highest BCUT2D eigenvalue weighted by Crippen LogP contribution is 2.33. The molecule has 0 aliphatic carbocycles. The van der Waals surface area contributed by atoms with Crippen LogP contribution >= 0.6 is 0 Å². The number of nitrogens with zero attached hydrogens (tertiary/aromatic N) is 4. The van der Waals surface area contributed by atoms with Crippen molar-refractivity contribution in [3.8, 4) is 0 Å². The Morgan fingerprint density at radius 2 is 2.12 bits per heavy atom. The summed E-state index contributed by atoms with van der Waals surface area (Å²) in [4.78, 5) is 15.2. The molecule has 4 rings (SSSR count). The van der Waals surface area contributed by atoms with Crippen LogP contribution in [0.1, 0.15) is 11.1 Å². The lowest BCUT2D eigenvalue weighted by Gasteiger charge is -2.33. The van der Waals surface area contributed by atoms with Crippen molar-refractivity contribution in [2.24, 2.45) is 0 Å². The highest BCUT2D eigenvalue weighted by atomic mass is 19.1. The second-order valence-corrected chi connectivity index (χ2v) is 7.52. The van der Waals surface area contributed by atoms with Crippen molar-refractivity contribution in [2.45, 2.75) is 18.7 Å². The Balaban J connectivity index is 1.54. The summed E-state index contributed by atoms with van der Waals surface area (Å²) in [7, 11) is 1.32. The maximum atomic E-state index is 14.6. The van der Waals surface area contributed by atoms with Crippen LogP contribution in [0.15, 0.2) is 49.1 Å². The van der Waals surface area contributed by atoms with Gasteiger partial charge < -0.3 is 20.6 Å². The van der Waals surface area contributed by atoms with E-state index in [1.54, 1.807) is 11.1 Å². The monoisotopic (exact) mass is 444 g/mol. The molecule has 0 saturated heterocycles. The van der Waals surface area contributed by atoms with Gasteiger partial charge in [0.1, 0.15) is 36.4 Å². The summed E-state index contributed by atoms with van der Waals surface area (Å²) in [5.41, 5.74) is 3.88. The van der Waals surface area contributed by atoms with Gasteiger partial charge >= 0.3 is 5.97 Å². The number of ether oxygens (including phenoxy) is 1. The molecular weight excluding hydrogens is 422 g/mol. The minimum Gasteiger partial charge on any atom is -0.468 e. The summed E-state index contributed by atoms with van der Waals surface area (Å²) in [5, 5.41) is 20.2. The van der Waals surface area contributed by atoms with Crippen LogP contribution in [0.3, 0.4) is 0 Å². The molecule has 1 atom stereocenters. The second kappa shape index (κ2) is 8.89. The molecule has 1 aromatic heterocycles. The second-order valence-electron chi connectivity index (χ2n) is 7.52. The molecule has 11 heteroatoms. The minimum absolute atomic E-state index is 0.0188. The Hall–Kier alpha value is -3.57. The van der Waals surface area contributed by atoms with Crippen molar-refractivity contribution < 1.29 is 23.4 Å². The predicted octanol–water partition coefficient (Wildman–Crippen LogP) is 1.87. The number of anilines is 2. The predicted molar refractivity (Wildman–Crippen MR) is 111 cm³/mol. The van der Waals surface area contributed by atoms with Crippen LogP contribution in [0.4, 0.5) is 20.2 Å². The van der Waals surface area contributed by atoms with E-state index in [1.807, 2.05) is 12.1 Å². The number of nitrogens with one attached hydrogen (secondary N) is 2. The number of halogens is 2. The lowest BCUT2D eigenvalue weighted by Crippen LogP contribution is -2.45. The summed E-state index contributed by atoms with van der Waals surface area (Å²) in [6.45, 7) is 0.338. The number of aliphatic hydroxyl groups is 1. The first-order valence-corrected chi connectivity index (χ1v) is 9.82. The third-order valence-electron chi connectivity index (χ3n) is 5.18. The number of hydrogen-bond donors (Lipinski definition) is 3. The van der Waals surface area contributed by atoms with E-state index in [2.05, 4.69) is 25.6 Å². The van der Waals surface area contributed by atoms with E-state index >= 15 is 0 Å². The highest BCUT2D eigenvalue weighted by molar-refractivity contribution is 5.75. The van der Waals surface area contributed by atoms with Gasteiger partial charge in [-0.05, 0) is 29.8 Å². The van der Waals surface area contributed by atoms with Gasteiger partial charge in [0.25, 0.3) is 0 Å². The van der Waals surface area contributed by atoms with E-state index in [9.17, 15) is 18.7 Å². The van der Waals surface area contributed by atoms with Crippen LogP contribution in [-0.2, 0) is 28.2 Å². The maximum Gasteiger partial charge on any atom is 0.325 e. The molecule has 0 bridgehead atoms. The molecule has 1 aliphatic rings. The smallest absolute Gasteiger partial charge is 0.325 e. The van der Waals surface area contributed by atoms with Crippen molar-refractivity contribution in [1.82, 2.24) is 19.8 Å². The third kappa shape index (κ3) is 4.68. The number of methoxy groups -OCH3 is 1. The van der Waals surface area contributed by atoms with Gasteiger partial charge in [-0.2, -0.15) is 5.10 Å². The molecular formula is C21H22F2N6O3. The molecule has 3 N–H and O–H groups in total. The number of fused-ring (bicyclic) bond motifs is 1. The van der Waals surface area contributed by atoms with E-state index in [4.69, 9.17) is 0 Å². The fraction of sp³-hybridized carbons (Fsp3) is 0.286. The molecule has 0 amide bonds. The van der Waals surface area contributed by atoms with Crippen LogP contribution in [-0.4, -0.2) is 51.0 Å². The highest BCUT2D eigenvalue weighted by Gasteiger charge is 2.37. The number of aromatic nitrogens is 3. The van der Waals surface area contributed by atoms with Gasteiger partial charge in [0.05, 0.1) is 25.9 Å². The number of carbonyl (C=O) groups excluding carboxylic acids is 1. The minimum atomic E-state index is -1.73. The molecule has 0 spiro atoms. The average Bonchev–Trinajstić information content (AvgIpc) is 3.40. The first-order valence-electron chi connectivity index (χ1n) is 9.82. The van der Waals surface area contributed by atoms with E-state index < -0.39 is 17.2 Å². The lowest BCUT2D eigenvalue weighted by atomic mass is 9.92. The summed E-state index contributed by atoms with van der Waals surface area (Å²) < 4.78 is 34.1. The van der Waals surface area contributed by atoms with Crippen molar-refractivity contribution in [2.75, 3.05) is 30.9 Å². The van der Waals surface area contributed by atoms with Crippen molar-refractivity contribution in [3.05, 3.63) is 71.8 Å². The molecule has 3 aromatic rings. The number of benzene rings is 2. The Labute approximate surface area is 182 Å². The van der Waals surface area contributed by atoms with Gasteiger partial charge in [-0.3, -0.25) is 4.79 Å². The normalized spacial score (nSPS) is 15.0. The molecule has 0 radical (unpaired) electrons. The van der Waals surface area contributed by atoms with Gasteiger partial charge in [0.15, 0.2) is 0 Å². The zero-order valence-corrected chi connectivity index (χ0v) is 17.3. The first kappa shape index (κ1) is 21.7.